The van der Waals surface area contributed by atoms with Crippen LogP contribution in [0.25, 0.3) is 11.1 Å². The van der Waals surface area contributed by atoms with E-state index in [0.29, 0.717) is 24.5 Å². The first kappa shape index (κ1) is 16.5. The van der Waals surface area contributed by atoms with Gasteiger partial charge in [-0.1, -0.05) is 12.1 Å². The number of nitrogens with zero attached hydrogens (tertiary/aromatic N) is 1. The Balaban J connectivity index is 2.15. The number of carbonyl (C=O) groups is 2. The number of nitrogens with one attached hydrogen (secondary N) is 2. The fourth-order valence-corrected chi connectivity index (χ4v) is 2.01. The largest absolute Gasteiger partial charge is 0.462 e. The summed E-state index contributed by atoms with van der Waals surface area (Å²) in [4.78, 5) is 27.3. The van der Waals surface area contributed by atoms with Gasteiger partial charge in [-0.3, -0.25) is 5.32 Å². The van der Waals surface area contributed by atoms with Gasteiger partial charge in [0, 0.05) is 12.7 Å². The number of hydrogen-bond acceptors (Lipinski definition) is 4. The van der Waals surface area contributed by atoms with E-state index < -0.39 is 0 Å². The zero-order chi connectivity index (χ0) is 16.7. The summed E-state index contributed by atoms with van der Waals surface area (Å²) in [6.07, 6.45) is 1.62. The molecule has 2 rings (SSSR count). The van der Waals surface area contributed by atoms with E-state index in [1.807, 2.05) is 25.1 Å². The summed E-state index contributed by atoms with van der Waals surface area (Å²) >= 11 is 0. The molecule has 2 N–H and O–H groups in total. The van der Waals surface area contributed by atoms with Gasteiger partial charge in [0.2, 0.25) is 0 Å². The third-order valence-electron chi connectivity index (χ3n) is 3.07. The summed E-state index contributed by atoms with van der Waals surface area (Å²) in [5.74, 6) is 0.121. The smallest absolute Gasteiger partial charge is 0.338 e. The highest BCUT2D eigenvalue weighted by Crippen LogP contribution is 2.22. The first-order chi connectivity index (χ1) is 11.1. The van der Waals surface area contributed by atoms with E-state index in [1.165, 1.54) is 0 Å². The molecule has 0 saturated carbocycles. The lowest BCUT2D eigenvalue weighted by atomic mass is 10.0. The van der Waals surface area contributed by atoms with Crippen molar-refractivity contribution in [1.29, 1.82) is 0 Å². The third kappa shape index (κ3) is 4.54. The molecular formula is C17H19N3O3. The number of anilines is 1. The van der Waals surface area contributed by atoms with Crippen LogP contribution in [0.3, 0.4) is 0 Å². The number of hydrogen-bond donors (Lipinski definition) is 2. The normalized spacial score (nSPS) is 10.0. The van der Waals surface area contributed by atoms with Gasteiger partial charge < -0.3 is 10.1 Å². The Labute approximate surface area is 134 Å². The number of pyridine rings is 1. The predicted molar refractivity (Wildman–Crippen MR) is 88.3 cm³/mol. The Hall–Kier alpha value is -2.89. The summed E-state index contributed by atoms with van der Waals surface area (Å²) in [6, 6.07) is 10.4. The van der Waals surface area contributed by atoms with Crippen molar-refractivity contribution in [2.24, 2.45) is 0 Å². The van der Waals surface area contributed by atoms with E-state index in [2.05, 4.69) is 15.6 Å². The molecule has 6 heteroatoms. The monoisotopic (exact) mass is 313 g/mol. The number of ether oxygens (including phenoxy) is 1. The molecule has 0 fully saturated rings. The number of aromatic nitrogens is 1. The minimum atomic E-state index is -0.340. The van der Waals surface area contributed by atoms with Crippen LogP contribution < -0.4 is 10.6 Å². The van der Waals surface area contributed by atoms with E-state index in [-0.39, 0.29) is 12.0 Å². The highest BCUT2D eigenvalue weighted by molar-refractivity contribution is 5.90. The summed E-state index contributed by atoms with van der Waals surface area (Å²) in [6.45, 7) is 4.50. The van der Waals surface area contributed by atoms with Gasteiger partial charge in [0.25, 0.3) is 0 Å². The lowest BCUT2D eigenvalue weighted by Crippen LogP contribution is -2.28. The van der Waals surface area contributed by atoms with Crippen LogP contribution in [-0.2, 0) is 4.74 Å². The maximum Gasteiger partial charge on any atom is 0.338 e. The van der Waals surface area contributed by atoms with Crippen molar-refractivity contribution in [1.82, 2.24) is 10.3 Å². The van der Waals surface area contributed by atoms with Gasteiger partial charge in [0.15, 0.2) is 0 Å². The van der Waals surface area contributed by atoms with Crippen LogP contribution in [0.5, 0.6) is 0 Å². The van der Waals surface area contributed by atoms with Crippen molar-refractivity contribution >= 4 is 17.8 Å². The van der Waals surface area contributed by atoms with Gasteiger partial charge in [-0.15, -0.1) is 0 Å². The fraction of sp³-hybridized carbons (Fsp3) is 0.235. The molecule has 0 aliphatic heterocycles. The van der Waals surface area contributed by atoms with Crippen molar-refractivity contribution in [3.63, 3.8) is 0 Å². The second-order valence-corrected chi connectivity index (χ2v) is 4.71. The van der Waals surface area contributed by atoms with E-state index >= 15 is 0 Å². The van der Waals surface area contributed by atoms with Crippen LogP contribution >= 0.6 is 0 Å². The Morgan fingerprint density at radius 2 is 1.83 bits per heavy atom. The number of benzene rings is 1. The molecule has 0 radical (unpaired) electrons. The summed E-state index contributed by atoms with van der Waals surface area (Å²) < 4.78 is 4.96. The SMILES string of the molecule is CCNC(=O)Nc1cc(-c2ccc(C(=O)OCC)cc2)ccn1. The Morgan fingerprint density at radius 1 is 1.09 bits per heavy atom. The van der Waals surface area contributed by atoms with Crippen LogP contribution in [-0.4, -0.2) is 30.1 Å². The van der Waals surface area contributed by atoms with E-state index in [1.54, 1.807) is 31.3 Å². The number of urea groups is 1. The molecule has 6 nitrogen and oxygen atoms in total. The molecule has 2 aromatic rings. The van der Waals surface area contributed by atoms with Crippen LogP contribution in [0.2, 0.25) is 0 Å². The molecule has 1 aromatic carbocycles. The van der Waals surface area contributed by atoms with Crippen molar-refractivity contribution in [3.05, 3.63) is 48.2 Å². The molecule has 1 aromatic heterocycles. The average Bonchev–Trinajstić information content (AvgIpc) is 2.56. The van der Waals surface area contributed by atoms with E-state index in [0.717, 1.165) is 11.1 Å². The minimum Gasteiger partial charge on any atom is -0.462 e. The second kappa shape index (κ2) is 7.93. The van der Waals surface area contributed by atoms with Gasteiger partial charge in [0.05, 0.1) is 12.2 Å². The van der Waals surface area contributed by atoms with Crippen LogP contribution in [0, 0.1) is 0 Å². The molecule has 0 unspecified atom stereocenters. The van der Waals surface area contributed by atoms with Crippen LogP contribution in [0.1, 0.15) is 24.2 Å². The highest BCUT2D eigenvalue weighted by Gasteiger charge is 2.07. The standard InChI is InChI=1S/C17H19N3O3/c1-3-18-17(22)20-15-11-14(9-10-19-15)12-5-7-13(8-6-12)16(21)23-4-2/h5-11H,3-4H2,1-2H3,(H2,18,19,20,22). The molecule has 0 aliphatic carbocycles. The molecule has 23 heavy (non-hydrogen) atoms. The van der Waals surface area contributed by atoms with Crippen molar-refractivity contribution in [2.75, 3.05) is 18.5 Å². The van der Waals surface area contributed by atoms with Gasteiger partial charge >= 0.3 is 12.0 Å². The maximum atomic E-state index is 11.6. The molecule has 0 aliphatic rings. The first-order valence-corrected chi connectivity index (χ1v) is 7.42. The molecule has 0 bridgehead atoms. The van der Waals surface area contributed by atoms with Gasteiger partial charge in [-0.05, 0) is 49.2 Å². The lowest BCUT2D eigenvalue weighted by molar-refractivity contribution is 0.0526. The average molecular weight is 313 g/mol. The zero-order valence-electron chi connectivity index (χ0n) is 13.1. The summed E-state index contributed by atoms with van der Waals surface area (Å²) in [5.41, 5.74) is 2.31. The Morgan fingerprint density at radius 3 is 2.48 bits per heavy atom. The Kier molecular flexibility index (Phi) is 5.68. The second-order valence-electron chi connectivity index (χ2n) is 4.71. The molecule has 0 saturated heterocycles. The minimum absolute atomic E-state index is 0.296. The molecule has 120 valence electrons. The van der Waals surface area contributed by atoms with Gasteiger partial charge in [0.1, 0.15) is 5.82 Å². The van der Waals surface area contributed by atoms with Crippen LogP contribution in [0.4, 0.5) is 10.6 Å². The Bertz CT molecular complexity index is 684. The summed E-state index contributed by atoms with van der Waals surface area (Å²) in [5, 5.41) is 5.31. The lowest BCUT2D eigenvalue weighted by Gasteiger charge is -2.08. The third-order valence-corrected chi connectivity index (χ3v) is 3.07. The number of esters is 1. The molecule has 0 spiro atoms. The van der Waals surface area contributed by atoms with Crippen LogP contribution in [0.15, 0.2) is 42.6 Å². The first-order valence-electron chi connectivity index (χ1n) is 7.42. The number of rotatable bonds is 5. The van der Waals surface area contributed by atoms with Gasteiger partial charge in [-0.25, -0.2) is 14.6 Å². The molecule has 1 heterocycles. The predicted octanol–water partition coefficient (Wildman–Crippen LogP) is 3.07. The van der Waals surface area contributed by atoms with Crippen molar-refractivity contribution < 1.29 is 14.3 Å². The molecule has 2 amide bonds. The zero-order valence-corrected chi connectivity index (χ0v) is 13.1. The summed E-state index contributed by atoms with van der Waals surface area (Å²) in [7, 11) is 0. The van der Waals surface area contributed by atoms with Crippen molar-refractivity contribution in [3.8, 4) is 11.1 Å². The number of carbonyl (C=O) groups excluding carboxylic acids is 2. The fourth-order valence-electron chi connectivity index (χ4n) is 2.01. The van der Waals surface area contributed by atoms with E-state index in [4.69, 9.17) is 4.74 Å². The quantitative estimate of drug-likeness (QED) is 0.831. The number of amides is 2. The highest BCUT2D eigenvalue weighted by atomic mass is 16.5. The molecular weight excluding hydrogens is 294 g/mol. The van der Waals surface area contributed by atoms with E-state index in [9.17, 15) is 9.59 Å². The topological polar surface area (TPSA) is 80.3 Å². The van der Waals surface area contributed by atoms with Crippen molar-refractivity contribution in [2.45, 2.75) is 13.8 Å². The van der Waals surface area contributed by atoms with Gasteiger partial charge in [-0.2, -0.15) is 0 Å². The molecule has 0 atom stereocenters. The maximum absolute atomic E-state index is 11.6.